The summed E-state index contributed by atoms with van der Waals surface area (Å²) in [5.41, 5.74) is 3.04. The number of carboxylic acid groups (broad SMARTS) is 1. The summed E-state index contributed by atoms with van der Waals surface area (Å²) in [6, 6.07) is 17.6. The van der Waals surface area contributed by atoms with Gasteiger partial charge in [0.1, 0.15) is 5.76 Å². The summed E-state index contributed by atoms with van der Waals surface area (Å²) in [6.07, 6.45) is 0. The molecule has 5 heteroatoms. The lowest BCUT2D eigenvalue weighted by Gasteiger charge is -2.19. The van der Waals surface area contributed by atoms with E-state index in [4.69, 9.17) is 9.52 Å². The summed E-state index contributed by atoms with van der Waals surface area (Å²) >= 11 is 0. The zero-order chi connectivity index (χ0) is 19.6. The number of aromatic carboxylic acids is 1. The first-order chi connectivity index (χ1) is 12.7. The number of benzene rings is 2. The zero-order valence-corrected chi connectivity index (χ0v) is 15.4. The van der Waals surface area contributed by atoms with E-state index >= 15 is 0 Å². The van der Waals surface area contributed by atoms with Crippen LogP contribution in [-0.4, -0.2) is 17.0 Å². The molecule has 0 aliphatic rings. The number of carboxylic acids is 1. The first kappa shape index (κ1) is 18.5. The van der Waals surface area contributed by atoms with Gasteiger partial charge in [0, 0.05) is 16.8 Å². The molecule has 0 saturated heterocycles. The second-order valence-corrected chi connectivity index (χ2v) is 7.33. The lowest BCUT2D eigenvalue weighted by atomic mass is 9.87. The van der Waals surface area contributed by atoms with E-state index in [1.165, 1.54) is 6.07 Å². The lowest BCUT2D eigenvalue weighted by Crippen LogP contribution is -2.14. The third-order valence-electron chi connectivity index (χ3n) is 4.23. The molecule has 0 bridgehead atoms. The molecule has 0 aliphatic heterocycles. The van der Waals surface area contributed by atoms with Crippen LogP contribution in [0.2, 0.25) is 0 Å². The van der Waals surface area contributed by atoms with Gasteiger partial charge >= 0.3 is 5.97 Å². The van der Waals surface area contributed by atoms with E-state index in [1.54, 1.807) is 30.3 Å². The van der Waals surface area contributed by atoms with Crippen molar-refractivity contribution in [2.45, 2.75) is 26.2 Å². The summed E-state index contributed by atoms with van der Waals surface area (Å²) < 4.78 is 5.31. The molecule has 138 valence electrons. The number of rotatable bonds is 4. The molecule has 1 aromatic heterocycles. The van der Waals surface area contributed by atoms with Gasteiger partial charge in [-0.1, -0.05) is 45.0 Å². The van der Waals surface area contributed by atoms with Gasteiger partial charge in [-0.15, -0.1) is 0 Å². The van der Waals surface area contributed by atoms with Gasteiger partial charge in [-0.25, -0.2) is 4.79 Å². The molecule has 0 saturated carbocycles. The van der Waals surface area contributed by atoms with E-state index in [0.29, 0.717) is 22.6 Å². The summed E-state index contributed by atoms with van der Waals surface area (Å²) in [6.45, 7) is 6.37. The molecule has 5 nitrogen and oxygen atoms in total. The van der Waals surface area contributed by atoms with E-state index in [0.717, 1.165) is 5.56 Å². The minimum Gasteiger partial charge on any atom is -0.475 e. The Labute approximate surface area is 157 Å². The molecule has 1 amide bonds. The summed E-state index contributed by atoms with van der Waals surface area (Å²) in [7, 11) is 0. The molecule has 0 radical (unpaired) electrons. The fraction of sp³-hybridized carbons (Fsp3) is 0.182. The van der Waals surface area contributed by atoms with Crippen LogP contribution in [0.5, 0.6) is 0 Å². The molecule has 0 aliphatic carbocycles. The number of anilines is 1. The number of hydrogen-bond donors (Lipinski definition) is 2. The third kappa shape index (κ3) is 4.26. The zero-order valence-electron chi connectivity index (χ0n) is 15.4. The number of nitrogens with one attached hydrogen (secondary N) is 1. The molecule has 2 aromatic carbocycles. The highest BCUT2D eigenvalue weighted by molar-refractivity contribution is 6.04. The Morgan fingerprint density at radius 3 is 2.26 bits per heavy atom. The highest BCUT2D eigenvalue weighted by atomic mass is 16.4. The molecule has 1 heterocycles. The van der Waals surface area contributed by atoms with Crippen molar-refractivity contribution in [2.24, 2.45) is 0 Å². The Morgan fingerprint density at radius 1 is 0.963 bits per heavy atom. The van der Waals surface area contributed by atoms with Gasteiger partial charge in [-0.3, -0.25) is 4.79 Å². The maximum atomic E-state index is 12.5. The first-order valence-electron chi connectivity index (χ1n) is 8.59. The van der Waals surface area contributed by atoms with E-state index in [9.17, 15) is 9.59 Å². The maximum Gasteiger partial charge on any atom is 0.371 e. The van der Waals surface area contributed by atoms with Crippen LogP contribution in [-0.2, 0) is 5.41 Å². The fourth-order valence-electron chi connectivity index (χ4n) is 2.68. The van der Waals surface area contributed by atoms with E-state index in [1.807, 2.05) is 24.3 Å². The van der Waals surface area contributed by atoms with Gasteiger partial charge in [-0.2, -0.15) is 0 Å². The van der Waals surface area contributed by atoms with Crippen LogP contribution in [0.15, 0.2) is 65.1 Å². The van der Waals surface area contributed by atoms with Crippen LogP contribution in [0.4, 0.5) is 5.69 Å². The Morgan fingerprint density at radius 2 is 1.67 bits per heavy atom. The van der Waals surface area contributed by atoms with Crippen molar-refractivity contribution >= 4 is 17.6 Å². The highest BCUT2D eigenvalue weighted by Gasteiger charge is 2.15. The van der Waals surface area contributed by atoms with E-state index in [-0.39, 0.29) is 17.1 Å². The van der Waals surface area contributed by atoms with Gasteiger partial charge in [0.15, 0.2) is 0 Å². The van der Waals surface area contributed by atoms with Crippen molar-refractivity contribution < 1.29 is 19.1 Å². The predicted octanol–water partition coefficient (Wildman–Crippen LogP) is 5.19. The van der Waals surface area contributed by atoms with E-state index in [2.05, 4.69) is 26.1 Å². The fourth-order valence-corrected chi connectivity index (χ4v) is 2.68. The summed E-state index contributed by atoms with van der Waals surface area (Å²) in [5.74, 6) is -1.03. The standard InChI is InChI=1S/C22H21NO4/c1-22(2,3)16-9-7-14(8-10-16)20(24)23-17-6-4-5-15(13-17)18-11-12-19(27-18)21(25)26/h4-13H,1-3H3,(H,23,24)(H,25,26). The van der Waals surface area contributed by atoms with Crippen molar-refractivity contribution in [1.29, 1.82) is 0 Å². The van der Waals surface area contributed by atoms with Crippen LogP contribution < -0.4 is 5.32 Å². The third-order valence-corrected chi connectivity index (χ3v) is 4.23. The molecule has 2 N–H and O–H groups in total. The smallest absolute Gasteiger partial charge is 0.371 e. The monoisotopic (exact) mass is 363 g/mol. The largest absolute Gasteiger partial charge is 0.475 e. The van der Waals surface area contributed by atoms with Crippen LogP contribution in [0.25, 0.3) is 11.3 Å². The van der Waals surface area contributed by atoms with Crippen LogP contribution in [0.1, 0.15) is 47.2 Å². The molecular weight excluding hydrogens is 342 g/mol. The maximum absolute atomic E-state index is 12.5. The second kappa shape index (κ2) is 7.11. The van der Waals surface area contributed by atoms with E-state index < -0.39 is 5.97 Å². The molecule has 3 rings (SSSR count). The van der Waals surface area contributed by atoms with Gasteiger partial charge in [0.2, 0.25) is 5.76 Å². The first-order valence-corrected chi connectivity index (χ1v) is 8.59. The highest BCUT2D eigenvalue weighted by Crippen LogP contribution is 2.26. The molecule has 0 unspecified atom stereocenters. The molecule has 0 fully saturated rings. The Hall–Kier alpha value is -3.34. The molecular formula is C22H21NO4. The quantitative estimate of drug-likeness (QED) is 0.668. The van der Waals surface area contributed by atoms with Crippen molar-refractivity contribution in [3.05, 3.63) is 77.6 Å². The summed E-state index contributed by atoms with van der Waals surface area (Å²) in [5, 5.41) is 11.8. The number of carbonyl (C=O) groups excluding carboxylic acids is 1. The van der Waals surface area contributed by atoms with Crippen molar-refractivity contribution in [2.75, 3.05) is 5.32 Å². The number of hydrogen-bond acceptors (Lipinski definition) is 3. The Kier molecular flexibility index (Phi) is 4.86. The predicted molar refractivity (Wildman–Crippen MR) is 104 cm³/mol. The van der Waals surface area contributed by atoms with Crippen LogP contribution in [0, 0.1) is 0 Å². The molecule has 3 aromatic rings. The minimum absolute atomic E-state index is 0.0290. The van der Waals surface area contributed by atoms with Crippen molar-refractivity contribution in [1.82, 2.24) is 0 Å². The van der Waals surface area contributed by atoms with Gasteiger partial charge in [0.25, 0.3) is 5.91 Å². The average molecular weight is 363 g/mol. The summed E-state index contributed by atoms with van der Waals surface area (Å²) in [4.78, 5) is 23.5. The van der Waals surface area contributed by atoms with Gasteiger partial charge in [-0.05, 0) is 47.4 Å². The van der Waals surface area contributed by atoms with Crippen LogP contribution >= 0.6 is 0 Å². The number of carbonyl (C=O) groups is 2. The molecule has 0 atom stereocenters. The minimum atomic E-state index is -1.12. The second-order valence-electron chi connectivity index (χ2n) is 7.33. The number of furan rings is 1. The average Bonchev–Trinajstić information content (AvgIpc) is 3.12. The van der Waals surface area contributed by atoms with Crippen molar-refractivity contribution in [3.63, 3.8) is 0 Å². The number of amides is 1. The Bertz CT molecular complexity index is 978. The molecule has 27 heavy (non-hydrogen) atoms. The SMILES string of the molecule is CC(C)(C)c1ccc(C(=O)Nc2cccc(-c3ccc(C(=O)O)o3)c2)cc1. The molecule has 0 spiro atoms. The lowest BCUT2D eigenvalue weighted by molar-refractivity contribution is 0.0663. The van der Waals surface area contributed by atoms with Gasteiger partial charge in [0.05, 0.1) is 0 Å². The van der Waals surface area contributed by atoms with Crippen LogP contribution in [0.3, 0.4) is 0 Å². The topological polar surface area (TPSA) is 79.5 Å². The Balaban J connectivity index is 1.77. The van der Waals surface area contributed by atoms with Gasteiger partial charge < -0.3 is 14.8 Å². The normalized spacial score (nSPS) is 11.2. The van der Waals surface area contributed by atoms with Crippen molar-refractivity contribution in [3.8, 4) is 11.3 Å².